The number of aromatic hydroxyl groups is 1. The molecule has 4 heterocycles. The summed E-state index contributed by atoms with van der Waals surface area (Å²) in [5.41, 5.74) is 0. The number of ether oxygens (including phenoxy) is 2. The Morgan fingerprint density at radius 1 is 1.16 bits per heavy atom. The Morgan fingerprint density at radius 3 is 2.36 bits per heavy atom. The van der Waals surface area contributed by atoms with Gasteiger partial charge in [-0.05, 0) is 73.8 Å². The zero-order valence-corrected chi connectivity index (χ0v) is 26.7. The van der Waals surface area contributed by atoms with Gasteiger partial charge in [-0.1, -0.05) is 25.9 Å². The predicted octanol–water partition coefficient (Wildman–Crippen LogP) is 3.01. The third-order valence-corrected chi connectivity index (χ3v) is 9.34. The number of alkyl carbamates (subject to hydrolysis) is 1. The van der Waals surface area contributed by atoms with Crippen LogP contribution < -0.4 is 10.6 Å². The van der Waals surface area contributed by atoms with Crippen molar-refractivity contribution >= 4 is 30.6 Å². The van der Waals surface area contributed by atoms with E-state index in [0.717, 1.165) is 57.1 Å². The average Bonchev–Trinajstić information content (AvgIpc) is 3.78. The first kappa shape index (κ1) is 35.7. The molecule has 1 aromatic heterocycles. The van der Waals surface area contributed by atoms with E-state index in [1.165, 1.54) is 32.2 Å². The number of carbonyl (C=O) groups is 4. The van der Waals surface area contributed by atoms with Crippen LogP contribution in [0, 0.1) is 34.5 Å². The highest BCUT2D eigenvalue weighted by molar-refractivity contribution is 5.86. The number of methoxy groups -OCH3 is 1. The van der Waals surface area contributed by atoms with Crippen molar-refractivity contribution in [3.05, 3.63) is 23.2 Å². The quantitative estimate of drug-likeness (QED) is 0.287. The van der Waals surface area contributed by atoms with Gasteiger partial charge in [0.05, 0.1) is 19.3 Å². The van der Waals surface area contributed by atoms with Crippen molar-refractivity contribution in [2.75, 3.05) is 45.2 Å². The molecule has 3 aliphatic heterocycles. The first-order chi connectivity index (χ1) is 21.8. The van der Waals surface area contributed by atoms with Crippen LogP contribution in [0.15, 0.2) is 23.5 Å². The smallest absolute Gasteiger partial charge is 0.407 e. The molecule has 5 aliphatic rings. The molecule has 2 aliphatic carbocycles. The van der Waals surface area contributed by atoms with Crippen LogP contribution in [-0.2, 0) is 23.9 Å². The summed E-state index contributed by atoms with van der Waals surface area (Å²) in [6, 6.07) is 2.47. The molecule has 0 aromatic carbocycles. The Labute approximate surface area is 264 Å². The highest BCUT2D eigenvalue weighted by Crippen LogP contribution is 2.61. The maximum atomic E-state index is 12.9. The van der Waals surface area contributed by atoms with Crippen LogP contribution in [0.1, 0.15) is 52.9 Å². The number of fused-ring (bicyclic) bond motifs is 4. The van der Waals surface area contributed by atoms with Crippen LogP contribution >= 0.6 is 0 Å². The second kappa shape index (κ2) is 17.6. The fourth-order valence-corrected chi connectivity index (χ4v) is 7.11. The number of carbonyl (C=O) groups excluding carboxylic acids is 4. The van der Waals surface area contributed by atoms with Crippen molar-refractivity contribution in [2.45, 2.75) is 71.1 Å². The van der Waals surface area contributed by atoms with Gasteiger partial charge in [0, 0.05) is 32.4 Å². The molecule has 14 heteroatoms. The molecule has 3 N–H and O–H groups in total. The topological polar surface area (TPSA) is 180 Å². The molecule has 0 radical (unpaired) electrons. The molecule has 1 aromatic rings. The van der Waals surface area contributed by atoms with Gasteiger partial charge >= 0.3 is 6.09 Å². The normalized spacial score (nSPS) is 29.1. The first-order valence-electron chi connectivity index (χ1n) is 15.9. The Bertz CT molecular complexity index is 1120. The molecule has 45 heavy (non-hydrogen) atoms. The molecule has 0 bridgehead atoms. The van der Waals surface area contributed by atoms with Gasteiger partial charge in [-0.2, -0.15) is 4.91 Å². The highest BCUT2D eigenvalue weighted by Gasteiger charge is 2.59. The van der Waals surface area contributed by atoms with Crippen LogP contribution in [0.3, 0.4) is 0 Å². The van der Waals surface area contributed by atoms with E-state index in [4.69, 9.17) is 9.84 Å². The van der Waals surface area contributed by atoms with E-state index in [9.17, 15) is 24.1 Å². The molecular formula is C31H48N6O8. The summed E-state index contributed by atoms with van der Waals surface area (Å²) in [5.74, 6) is 3.78. The molecule has 0 spiro atoms. The number of hydrogen-bond donors (Lipinski definition) is 3. The van der Waals surface area contributed by atoms with Crippen LogP contribution in [0.2, 0.25) is 0 Å². The maximum absolute atomic E-state index is 12.9. The van der Waals surface area contributed by atoms with Gasteiger partial charge in [0.15, 0.2) is 11.6 Å². The summed E-state index contributed by atoms with van der Waals surface area (Å²) in [6.07, 6.45) is 7.29. The number of nitrogens with one attached hydrogen (secondary N) is 2. The van der Waals surface area contributed by atoms with E-state index in [1.54, 1.807) is 11.0 Å². The fourth-order valence-electron chi connectivity index (χ4n) is 7.11. The summed E-state index contributed by atoms with van der Waals surface area (Å²) in [5, 5.41) is 16.7. The number of likely N-dealkylation sites (tertiary alicyclic amines) is 2. The lowest BCUT2D eigenvalue weighted by molar-refractivity contribution is -0.135. The van der Waals surface area contributed by atoms with Gasteiger partial charge in [0.1, 0.15) is 12.6 Å². The third kappa shape index (κ3) is 8.89. The molecular weight excluding hydrogens is 584 g/mol. The van der Waals surface area contributed by atoms with Crippen LogP contribution in [0.25, 0.3) is 0 Å². The molecule has 14 nitrogen and oxygen atoms in total. The summed E-state index contributed by atoms with van der Waals surface area (Å²) in [6.45, 7) is 9.45. The minimum Gasteiger partial charge on any atom is -0.504 e. The Morgan fingerprint density at radius 2 is 1.84 bits per heavy atom. The average molecular weight is 633 g/mol. The van der Waals surface area contributed by atoms with Gasteiger partial charge in [-0.25, -0.2) is 9.78 Å². The minimum absolute atomic E-state index is 0.00565. The highest BCUT2D eigenvalue weighted by atomic mass is 16.5. The third-order valence-electron chi connectivity index (χ3n) is 9.34. The molecule has 4 amide bonds. The van der Waals surface area contributed by atoms with Gasteiger partial charge < -0.3 is 35.0 Å². The van der Waals surface area contributed by atoms with Crippen molar-refractivity contribution < 1.29 is 33.8 Å². The molecule has 6 rings (SSSR count). The number of nitroso groups, excluding NO2 is 1. The van der Waals surface area contributed by atoms with E-state index >= 15 is 0 Å². The van der Waals surface area contributed by atoms with Crippen molar-refractivity contribution in [3.8, 4) is 5.75 Å². The Hall–Kier alpha value is -3.81. The Balaban J connectivity index is 0.000000202. The van der Waals surface area contributed by atoms with Crippen molar-refractivity contribution in [1.29, 1.82) is 0 Å². The van der Waals surface area contributed by atoms with E-state index < -0.39 is 12.1 Å². The molecule has 6 unspecified atom stereocenters. The zero-order chi connectivity index (χ0) is 32.9. The summed E-state index contributed by atoms with van der Waals surface area (Å²) in [4.78, 5) is 62.0. The maximum Gasteiger partial charge on any atom is 0.407 e. The van der Waals surface area contributed by atoms with E-state index in [1.807, 2.05) is 18.7 Å². The number of aromatic nitrogens is 1. The van der Waals surface area contributed by atoms with Crippen LogP contribution in [0.4, 0.5) is 10.6 Å². The van der Waals surface area contributed by atoms with Gasteiger partial charge in [-0.15, -0.1) is 0 Å². The Kier molecular flexibility index (Phi) is 14.0. The lowest BCUT2D eigenvalue weighted by Gasteiger charge is -2.56. The second-order valence-corrected chi connectivity index (χ2v) is 11.9. The molecule has 5 fully saturated rings. The minimum atomic E-state index is -0.606. The summed E-state index contributed by atoms with van der Waals surface area (Å²) < 4.78 is 10.3. The van der Waals surface area contributed by atoms with Gasteiger partial charge in [-0.3, -0.25) is 14.4 Å². The molecule has 2 saturated carbocycles. The summed E-state index contributed by atoms with van der Waals surface area (Å²) >= 11 is 0. The van der Waals surface area contributed by atoms with E-state index in [0.29, 0.717) is 30.8 Å². The number of hydrogen-bond acceptors (Lipinski definition) is 10. The van der Waals surface area contributed by atoms with Gasteiger partial charge in [0.2, 0.25) is 18.7 Å². The monoisotopic (exact) mass is 632 g/mol. The summed E-state index contributed by atoms with van der Waals surface area (Å²) in [7, 11) is 1.32. The molecule has 3 saturated heterocycles. The first-order valence-corrected chi connectivity index (χ1v) is 15.9. The van der Waals surface area contributed by atoms with Crippen LogP contribution in [-0.4, -0.2) is 103 Å². The number of rotatable bonds is 8. The standard InChI is InChI=1S/C16H24N2O4.C7H12N2O2.C6H6N2O2.C2H6/c1-21-16(20)17-14(13-3-2-6-22-13)15(19)18-7-11-9-4-5-10(9)12(11)8-18;1-6-2-7(3-8-11)9(4-6)5-10;9-4-8-6-5(10)2-1-3-7-6;1-2/h9-14H,2-8H2,1H3,(H,17,20);5-7H,2-4H2,1H3;1-4,10H,(H,7,8,9);1-2H3/t9-,10?,11?,12?,13?,14+;;;/m1.../s1. The zero-order valence-electron chi connectivity index (χ0n) is 26.7. The molecule has 8 atom stereocenters. The lowest BCUT2D eigenvalue weighted by Crippen LogP contribution is -2.53. The number of nitrogens with zero attached hydrogens (tertiary/aromatic N) is 4. The predicted molar refractivity (Wildman–Crippen MR) is 166 cm³/mol. The van der Waals surface area contributed by atoms with E-state index in [-0.39, 0.29) is 36.2 Å². The van der Waals surface area contributed by atoms with Crippen molar-refractivity contribution in [2.24, 2.45) is 34.8 Å². The number of pyridine rings is 1. The number of anilines is 1. The van der Waals surface area contributed by atoms with Crippen LogP contribution in [0.5, 0.6) is 5.75 Å². The van der Waals surface area contributed by atoms with E-state index in [2.05, 4.69) is 32.5 Å². The number of amides is 4. The SMILES string of the molecule is CC.CC1CC(CN=O)N(C=O)C1.COC(=O)N[C@H](C(=O)N1CC2C3CC[C@H]3C2C1)C1CCCO1.O=CNc1ncccc1O. The van der Waals surface area contributed by atoms with Crippen molar-refractivity contribution in [3.63, 3.8) is 0 Å². The largest absolute Gasteiger partial charge is 0.504 e. The lowest BCUT2D eigenvalue weighted by atomic mass is 9.48. The van der Waals surface area contributed by atoms with Crippen molar-refractivity contribution in [1.82, 2.24) is 20.1 Å². The molecule has 250 valence electrons. The second-order valence-electron chi connectivity index (χ2n) is 11.9. The van der Waals surface area contributed by atoms with Gasteiger partial charge in [0.25, 0.3) is 0 Å². The fraction of sp³-hybridized carbons (Fsp3) is 0.710.